The molecule has 0 aliphatic rings. The van der Waals surface area contributed by atoms with Crippen LogP contribution in [-0.4, -0.2) is 84.3 Å². The van der Waals surface area contributed by atoms with E-state index in [1.54, 1.807) is 0 Å². The van der Waals surface area contributed by atoms with E-state index in [-0.39, 0.29) is 47.7 Å². The van der Waals surface area contributed by atoms with Crippen LogP contribution in [0.2, 0.25) is 0 Å². The van der Waals surface area contributed by atoms with Crippen molar-refractivity contribution in [3.8, 4) is 0 Å². The zero-order chi connectivity index (χ0) is 30.6. The molecule has 0 bridgehead atoms. The third-order valence-corrected chi connectivity index (χ3v) is 8.63. The summed E-state index contributed by atoms with van der Waals surface area (Å²) in [5.74, 6) is 0. The predicted molar refractivity (Wildman–Crippen MR) is 150 cm³/mol. The van der Waals surface area contributed by atoms with Gasteiger partial charge in [-0.1, -0.05) is 0 Å². The van der Waals surface area contributed by atoms with Crippen LogP contribution in [0.15, 0.2) is 0 Å². The SMILES string of the molecule is CCC(C)[O][Al+][O]C(C)CC.CCC(C)[O][Al+][O]C(C)CC.CCC(C)[O][Al+][O]C(C)CC.O=P([O-])([O-])[O-]. The van der Waals surface area contributed by atoms with Crippen molar-refractivity contribution in [1.82, 2.24) is 0 Å². The molecule has 224 valence electrons. The van der Waals surface area contributed by atoms with E-state index in [0.29, 0.717) is 36.6 Å². The zero-order valence-electron chi connectivity index (χ0n) is 26.0. The minimum atomic E-state index is -5.39. The average Bonchev–Trinajstić information content (AvgIpc) is 2.87. The Morgan fingerprint density at radius 3 is 0.632 bits per heavy atom. The van der Waals surface area contributed by atoms with Crippen LogP contribution < -0.4 is 14.7 Å². The van der Waals surface area contributed by atoms with Gasteiger partial charge in [-0.15, -0.1) is 0 Å². The Bertz CT molecular complexity index is 415. The second kappa shape index (κ2) is 33.0. The van der Waals surface area contributed by atoms with Crippen LogP contribution in [-0.2, 0) is 27.3 Å². The third-order valence-electron chi connectivity index (χ3n) is 5.18. The fraction of sp³-hybridized carbons (Fsp3) is 1.00. The Balaban J connectivity index is -0.000000209. The van der Waals surface area contributed by atoms with E-state index in [9.17, 15) is 0 Å². The first-order valence-corrected chi connectivity index (χ1v) is 18.0. The minimum Gasteiger partial charge on any atom is -0.822 e. The van der Waals surface area contributed by atoms with Gasteiger partial charge in [0, 0.05) is 0 Å². The molecular weight excluding hydrogens is 560 g/mol. The minimum absolute atomic E-state index is 0.250. The molecule has 0 radical (unpaired) electrons. The summed E-state index contributed by atoms with van der Waals surface area (Å²) >= 11 is -0.749. The second-order valence-electron chi connectivity index (χ2n) is 8.87. The Morgan fingerprint density at radius 2 is 0.553 bits per heavy atom. The van der Waals surface area contributed by atoms with Crippen LogP contribution in [0.5, 0.6) is 0 Å². The van der Waals surface area contributed by atoms with Gasteiger partial charge in [0.1, 0.15) is 0 Å². The Kier molecular flexibility index (Phi) is 40.3. The van der Waals surface area contributed by atoms with E-state index in [1.807, 2.05) is 0 Å². The van der Waals surface area contributed by atoms with Crippen LogP contribution in [0, 0.1) is 0 Å². The van der Waals surface area contributed by atoms with Crippen molar-refractivity contribution in [1.29, 1.82) is 0 Å². The van der Waals surface area contributed by atoms with Crippen LogP contribution in [0.3, 0.4) is 0 Å². The predicted octanol–water partition coefficient (Wildman–Crippen LogP) is 3.63. The standard InChI is InChI=1S/6C4H9O.3Al.H3O4P/c6*1-3-4(2)5;;;;1-5(2,3)4/h6*4H,3H2,1-2H3;;;;(H3,1,2,3,4)/q6*-1;3*+3;/p-3. The summed E-state index contributed by atoms with van der Waals surface area (Å²) in [6, 6.07) is 0. The van der Waals surface area contributed by atoms with Gasteiger partial charge in [-0.25, -0.2) is 0 Å². The average molecular weight is 615 g/mol. The second-order valence-corrected chi connectivity index (χ2v) is 12.0. The fourth-order valence-corrected chi connectivity index (χ4v) is 3.73. The van der Waals surface area contributed by atoms with E-state index in [4.69, 9.17) is 42.0 Å². The molecule has 0 aromatic heterocycles. The molecule has 0 rings (SSSR count). The molecule has 38 heavy (non-hydrogen) atoms. The van der Waals surface area contributed by atoms with Gasteiger partial charge in [-0.3, -0.25) is 0 Å². The monoisotopic (exact) mass is 614 g/mol. The molecule has 6 unspecified atom stereocenters. The maximum atomic E-state index is 8.55. The Morgan fingerprint density at radius 1 is 0.447 bits per heavy atom. The quantitative estimate of drug-likeness (QED) is 0.166. The molecule has 0 saturated heterocycles. The number of hydrogen-bond acceptors (Lipinski definition) is 10. The van der Waals surface area contributed by atoms with Crippen LogP contribution in [0.25, 0.3) is 0 Å². The van der Waals surface area contributed by atoms with Gasteiger partial charge in [0.15, 0.2) is 0 Å². The first-order chi connectivity index (χ1) is 17.6. The first-order valence-electron chi connectivity index (χ1n) is 13.7. The summed E-state index contributed by atoms with van der Waals surface area (Å²) < 4.78 is 41.1. The van der Waals surface area contributed by atoms with E-state index in [2.05, 4.69) is 83.1 Å². The van der Waals surface area contributed by atoms with Crippen molar-refractivity contribution < 1.29 is 42.0 Å². The largest absolute Gasteiger partial charge is 0.822 e. The molecule has 0 aromatic rings. The maximum Gasteiger partial charge on any atom is -0.159 e. The van der Waals surface area contributed by atoms with Crippen molar-refractivity contribution in [2.24, 2.45) is 0 Å². The first kappa shape index (κ1) is 46.4. The van der Waals surface area contributed by atoms with Crippen LogP contribution in [0.1, 0.15) is 122 Å². The smallest absolute Gasteiger partial charge is 0.159 e. The van der Waals surface area contributed by atoms with Crippen molar-refractivity contribution in [3.63, 3.8) is 0 Å². The summed E-state index contributed by atoms with van der Waals surface area (Å²) in [5.41, 5.74) is 0. The molecule has 0 amide bonds. The van der Waals surface area contributed by atoms with Gasteiger partial charge < -0.3 is 19.2 Å². The molecule has 0 aliphatic carbocycles. The van der Waals surface area contributed by atoms with Gasteiger partial charge in [-0.05, 0) is 0 Å². The molecule has 10 nitrogen and oxygen atoms in total. The van der Waals surface area contributed by atoms with Crippen LogP contribution in [0.4, 0.5) is 0 Å². The molecular formula is C24H54Al3O10P. The van der Waals surface area contributed by atoms with Gasteiger partial charge in [-0.2, -0.15) is 7.82 Å². The van der Waals surface area contributed by atoms with Gasteiger partial charge >= 0.3 is 229 Å². The van der Waals surface area contributed by atoms with Gasteiger partial charge in [0.2, 0.25) is 0 Å². The fourth-order valence-electron chi connectivity index (χ4n) is 1.24. The normalized spacial score (nSPS) is 15.1. The molecule has 0 heterocycles. The number of rotatable bonds is 18. The topological polar surface area (TPSA) is 142 Å². The van der Waals surface area contributed by atoms with E-state index in [0.717, 1.165) is 38.5 Å². The molecule has 6 atom stereocenters. The zero-order valence-corrected chi connectivity index (χ0v) is 30.3. The van der Waals surface area contributed by atoms with Crippen molar-refractivity contribution in [2.75, 3.05) is 0 Å². The number of phosphoric acid groups is 1. The molecule has 0 spiro atoms. The molecule has 0 aromatic carbocycles. The van der Waals surface area contributed by atoms with Gasteiger partial charge in [0.25, 0.3) is 0 Å². The van der Waals surface area contributed by atoms with Gasteiger partial charge in [0.05, 0.1) is 0 Å². The van der Waals surface area contributed by atoms with Crippen LogP contribution >= 0.6 is 7.82 Å². The molecule has 0 aliphatic heterocycles. The summed E-state index contributed by atoms with van der Waals surface area (Å²) in [6.07, 6.45) is 8.53. The molecule has 0 N–H and O–H groups in total. The van der Waals surface area contributed by atoms with Crippen molar-refractivity contribution in [3.05, 3.63) is 0 Å². The van der Waals surface area contributed by atoms with E-state index < -0.39 is 7.82 Å². The molecule has 14 heteroatoms. The molecule has 0 fully saturated rings. The van der Waals surface area contributed by atoms with Crippen molar-refractivity contribution in [2.45, 2.75) is 158 Å². The third kappa shape index (κ3) is 50.3. The molecule has 0 saturated carbocycles. The maximum absolute atomic E-state index is 8.55. The summed E-state index contributed by atoms with van der Waals surface area (Å²) in [4.78, 5) is 25.6. The van der Waals surface area contributed by atoms with E-state index >= 15 is 0 Å². The van der Waals surface area contributed by atoms with E-state index in [1.165, 1.54) is 0 Å². The summed E-state index contributed by atoms with van der Waals surface area (Å²) in [5, 5.41) is 0. The van der Waals surface area contributed by atoms with Crippen molar-refractivity contribution >= 4 is 55.5 Å². The Hall–Kier alpha value is 1.47. The summed E-state index contributed by atoms with van der Waals surface area (Å²) in [6.45, 7) is 25.2. The summed E-state index contributed by atoms with van der Waals surface area (Å²) in [7, 11) is -5.39. The Labute approximate surface area is 254 Å². The number of hydrogen-bond donors (Lipinski definition) is 0.